The molecule has 0 unspecified atom stereocenters. The Hall–Kier alpha value is -2.28. The Morgan fingerprint density at radius 2 is 1.74 bits per heavy atom. The number of thiophene rings is 1. The standard InChI is InChI=1S/C21H16BrNO3S/c22-19-11-10-18(27-19)17(24)12-21(26)15-8-4-5-9-16(15)23(20(21)25)13-14-6-2-1-3-7-14/h1-11,26H,12-13H2/t21-/m0/s1. The van der Waals surface area contributed by atoms with Crippen molar-refractivity contribution in [3.8, 4) is 0 Å². The summed E-state index contributed by atoms with van der Waals surface area (Å²) in [5.74, 6) is -0.713. The number of nitrogens with zero attached hydrogens (tertiary/aromatic N) is 1. The molecule has 2 heterocycles. The van der Waals surface area contributed by atoms with Crippen molar-refractivity contribution in [3.05, 3.63) is 86.5 Å². The third-order valence-electron chi connectivity index (χ3n) is 4.69. The molecule has 1 amide bonds. The quantitative estimate of drug-likeness (QED) is 0.592. The Morgan fingerprint density at radius 3 is 2.44 bits per heavy atom. The van der Waals surface area contributed by atoms with E-state index in [1.807, 2.05) is 36.4 Å². The molecule has 0 saturated carbocycles. The predicted octanol–water partition coefficient (Wildman–Crippen LogP) is 4.52. The number of hydrogen-bond acceptors (Lipinski definition) is 4. The first-order chi connectivity index (χ1) is 13.0. The maximum absolute atomic E-state index is 13.2. The van der Waals surface area contributed by atoms with E-state index in [0.29, 0.717) is 22.7 Å². The predicted molar refractivity (Wildman–Crippen MR) is 109 cm³/mol. The molecular weight excluding hydrogens is 426 g/mol. The molecule has 0 fully saturated rings. The highest BCUT2D eigenvalue weighted by Gasteiger charge is 2.50. The van der Waals surface area contributed by atoms with Crippen LogP contribution >= 0.6 is 27.3 Å². The lowest BCUT2D eigenvalue weighted by Crippen LogP contribution is -2.41. The van der Waals surface area contributed by atoms with Crippen LogP contribution in [0.25, 0.3) is 0 Å². The number of halogens is 1. The Labute approximate surface area is 169 Å². The van der Waals surface area contributed by atoms with Gasteiger partial charge in [-0.25, -0.2) is 0 Å². The molecule has 0 saturated heterocycles. The van der Waals surface area contributed by atoms with E-state index in [1.165, 1.54) is 11.3 Å². The summed E-state index contributed by atoms with van der Waals surface area (Å²) in [5, 5.41) is 11.3. The van der Waals surface area contributed by atoms with E-state index >= 15 is 0 Å². The van der Waals surface area contributed by atoms with Crippen LogP contribution in [0.1, 0.15) is 27.2 Å². The zero-order valence-corrected chi connectivity index (χ0v) is 16.7. The van der Waals surface area contributed by atoms with Gasteiger partial charge in [0.2, 0.25) is 0 Å². The van der Waals surface area contributed by atoms with E-state index in [0.717, 1.165) is 9.35 Å². The minimum absolute atomic E-state index is 0.252. The summed E-state index contributed by atoms with van der Waals surface area (Å²) in [6.45, 7) is 0.345. The fourth-order valence-corrected chi connectivity index (χ4v) is 4.71. The Bertz CT molecular complexity index is 1020. The van der Waals surface area contributed by atoms with Gasteiger partial charge in [-0.2, -0.15) is 0 Å². The molecule has 4 nitrogen and oxygen atoms in total. The summed E-state index contributed by atoms with van der Waals surface area (Å²) in [6, 6.07) is 20.2. The summed E-state index contributed by atoms with van der Waals surface area (Å²) in [6.07, 6.45) is -0.277. The van der Waals surface area contributed by atoms with Crippen molar-refractivity contribution in [2.75, 3.05) is 4.90 Å². The lowest BCUT2D eigenvalue weighted by atomic mass is 9.89. The second kappa shape index (κ2) is 7.03. The number of ketones is 1. The van der Waals surface area contributed by atoms with Gasteiger partial charge in [0, 0.05) is 5.56 Å². The maximum Gasteiger partial charge on any atom is 0.264 e. The zero-order valence-electron chi connectivity index (χ0n) is 14.3. The monoisotopic (exact) mass is 441 g/mol. The zero-order chi connectivity index (χ0) is 19.0. The number of rotatable bonds is 5. The van der Waals surface area contributed by atoms with Crippen LogP contribution in [0.15, 0.2) is 70.5 Å². The van der Waals surface area contributed by atoms with Crippen molar-refractivity contribution in [1.82, 2.24) is 0 Å². The Kier molecular flexibility index (Phi) is 4.72. The van der Waals surface area contributed by atoms with Crippen molar-refractivity contribution in [1.29, 1.82) is 0 Å². The van der Waals surface area contributed by atoms with Gasteiger partial charge in [-0.1, -0.05) is 48.5 Å². The number of anilines is 1. The van der Waals surface area contributed by atoms with Crippen molar-refractivity contribution in [3.63, 3.8) is 0 Å². The molecule has 1 aromatic heterocycles. The maximum atomic E-state index is 13.2. The van der Waals surface area contributed by atoms with Gasteiger partial charge in [0.15, 0.2) is 11.4 Å². The van der Waals surface area contributed by atoms with Gasteiger partial charge in [-0.15, -0.1) is 11.3 Å². The molecule has 27 heavy (non-hydrogen) atoms. The molecule has 6 heteroatoms. The van der Waals surface area contributed by atoms with Crippen LogP contribution in [0.4, 0.5) is 5.69 Å². The molecule has 0 spiro atoms. The largest absolute Gasteiger partial charge is 0.375 e. The molecule has 3 aromatic rings. The fourth-order valence-electron chi connectivity index (χ4n) is 3.38. The van der Waals surface area contributed by atoms with Crippen LogP contribution in [-0.2, 0) is 16.9 Å². The van der Waals surface area contributed by atoms with Crippen molar-refractivity contribution >= 4 is 44.6 Å². The minimum atomic E-state index is -1.85. The number of fused-ring (bicyclic) bond motifs is 1. The van der Waals surface area contributed by atoms with Crippen LogP contribution in [0.5, 0.6) is 0 Å². The molecular formula is C21H16BrNO3S. The first kappa shape index (κ1) is 18.1. The summed E-state index contributed by atoms with van der Waals surface area (Å²) in [4.78, 5) is 28.0. The molecule has 2 aromatic carbocycles. The molecule has 0 aliphatic carbocycles. The molecule has 1 aliphatic heterocycles. The van der Waals surface area contributed by atoms with Crippen LogP contribution in [-0.4, -0.2) is 16.8 Å². The third-order valence-corrected chi connectivity index (χ3v) is 6.35. The van der Waals surface area contributed by atoms with Crippen LogP contribution in [0.2, 0.25) is 0 Å². The minimum Gasteiger partial charge on any atom is -0.375 e. The van der Waals surface area contributed by atoms with E-state index < -0.39 is 11.5 Å². The van der Waals surface area contributed by atoms with Gasteiger partial charge >= 0.3 is 0 Å². The summed E-state index contributed by atoms with van der Waals surface area (Å²) in [7, 11) is 0. The molecule has 1 aliphatic rings. The number of carbonyl (C=O) groups excluding carboxylic acids is 2. The SMILES string of the molecule is O=C(C[C@@]1(O)C(=O)N(Cc2ccccc2)c2ccccc21)c1ccc(Br)s1. The Morgan fingerprint density at radius 1 is 1.04 bits per heavy atom. The fraction of sp³-hybridized carbons (Fsp3) is 0.143. The smallest absolute Gasteiger partial charge is 0.264 e. The average molecular weight is 442 g/mol. The molecule has 4 rings (SSSR count). The van der Waals surface area contributed by atoms with Crippen LogP contribution in [0, 0.1) is 0 Å². The number of hydrogen-bond donors (Lipinski definition) is 1. The van der Waals surface area contributed by atoms with E-state index in [4.69, 9.17) is 0 Å². The van der Waals surface area contributed by atoms with Crippen molar-refractivity contribution in [2.24, 2.45) is 0 Å². The number of amides is 1. The molecule has 0 radical (unpaired) electrons. The number of benzene rings is 2. The molecule has 1 N–H and O–H groups in total. The van der Waals surface area contributed by atoms with Gasteiger partial charge < -0.3 is 10.0 Å². The third kappa shape index (κ3) is 3.25. The van der Waals surface area contributed by atoms with Crippen LogP contribution < -0.4 is 4.90 Å². The molecule has 136 valence electrons. The lowest BCUT2D eigenvalue weighted by molar-refractivity contribution is -0.136. The first-order valence-corrected chi connectivity index (χ1v) is 10.1. The summed E-state index contributed by atoms with van der Waals surface area (Å²) in [5.41, 5.74) is 0.237. The van der Waals surface area contributed by atoms with Crippen molar-refractivity contribution in [2.45, 2.75) is 18.6 Å². The number of Topliss-reactive ketones (excluding diaryl/α,β-unsaturated/α-hetero) is 1. The normalized spacial score (nSPS) is 18.6. The second-order valence-electron chi connectivity index (χ2n) is 6.46. The number of aliphatic hydroxyl groups is 1. The number of carbonyl (C=O) groups is 2. The van der Waals surface area contributed by atoms with Crippen LogP contribution in [0.3, 0.4) is 0 Å². The topological polar surface area (TPSA) is 57.6 Å². The number of para-hydroxylation sites is 1. The van der Waals surface area contributed by atoms with Gasteiger partial charge in [0.25, 0.3) is 5.91 Å². The van der Waals surface area contributed by atoms with Gasteiger partial charge in [0.1, 0.15) is 0 Å². The molecule has 0 bridgehead atoms. The van der Waals surface area contributed by atoms with E-state index in [1.54, 1.807) is 35.2 Å². The summed E-state index contributed by atoms with van der Waals surface area (Å²) < 4.78 is 0.835. The molecule has 1 atom stereocenters. The van der Waals surface area contributed by atoms with Crippen molar-refractivity contribution < 1.29 is 14.7 Å². The lowest BCUT2D eigenvalue weighted by Gasteiger charge is -2.22. The second-order valence-corrected chi connectivity index (χ2v) is 8.92. The highest BCUT2D eigenvalue weighted by molar-refractivity contribution is 9.11. The Balaban J connectivity index is 1.68. The van der Waals surface area contributed by atoms with E-state index in [9.17, 15) is 14.7 Å². The van der Waals surface area contributed by atoms with Gasteiger partial charge in [-0.3, -0.25) is 9.59 Å². The van der Waals surface area contributed by atoms with Gasteiger partial charge in [-0.05, 0) is 39.7 Å². The van der Waals surface area contributed by atoms with E-state index in [-0.39, 0.29) is 12.2 Å². The van der Waals surface area contributed by atoms with E-state index in [2.05, 4.69) is 15.9 Å². The first-order valence-electron chi connectivity index (χ1n) is 8.45. The van der Waals surface area contributed by atoms with Gasteiger partial charge in [0.05, 0.1) is 27.3 Å². The summed E-state index contributed by atoms with van der Waals surface area (Å²) >= 11 is 4.63. The highest BCUT2D eigenvalue weighted by atomic mass is 79.9. The highest BCUT2D eigenvalue weighted by Crippen LogP contribution is 2.43. The average Bonchev–Trinajstić information content (AvgIpc) is 3.20.